The molecule has 1 unspecified atom stereocenters. The summed E-state index contributed by atoms with van der Waals surface area (Å²) >= 11 is 9.42. The van der Waals surface area contributed by atoms with Crippen LogP contribution in [-0.2, 0) is 0 Å². The molecular formula is C17H14BrClO2. The zero-order valence-corrected chi connectivity index (χ0v) is 13.7. The fraction of sp³-hybridized carbons (Fsp3) is 0.235. The average molecular weight is 366 g/mol. The van der Waals surface area contributed by atoms with Crippen molar-refractivity contribution in [1.29, 1.82) is 0 Å². The Morgan fingerprint density at radius 1 is 1.29 bits per heavy atom. The van der Waals surface area contributed by atoms with Gasteiger partial charge < -0.3 is 4.74 Å². The Kier molecular flexibility index (Phi) is 4.32. The summed E-state index contributed by atoms with van der Waals surface area (Å²) in [6.45, 7) is 0.658. The Balaban J connectivity index is 1.84. The van der Waals surface area contributed by atoms with Crippen molar-refractivity contribution in [3.63, 3.8) is 0 Å². The third kappa shape index (κ3) is 3.14. The van der Waals surface area contributed by atoms with Crippen LogP contribution in [0, 0.1) is 0 Å². The highest BCUT2D eigenvalue weighted by atomic mass is 79.9. The molecule has 0 aliphatic carbocycles. The fourth-order valence-corrected chi connectivity index (χ4v) is 3.31. The molecule has 2 nitrogen and oxygen atoms in total. The molecule has 1 heterocycles. The molecule has 0 bridgehead atoms. The van der Waals surface area contributed by atoms with E-state index in [2.05, 4.69) is 15.9 Å². The predicted molar refractivity (Wildman–Crippen MR) is 87.4 cm³/mol. The summed E-state index contributed by atoms with van der Waals surface area (Å²) in [7, 11) is 0. The van der Waals surface area contributed by atoms with Crippen LogP contribution in [0.3, 0.4) is 0 Å². The molecular weight excluding hydrogens is 352 g/mol. The minimum absolute atomic E-state index is 0.103. The monoisotopic (exact) mass is 364 g/mol. The number of carbonyl (C=O) groups is 1. The van der Waals surface area contributed by atoms with Crippen LogP contribution in [0.5, 0.6) is 5.75 Å². The smallest absolute Gasteiger partial charge is 0.164 e. The standard InChI is InChI=1S/C17H14BrClO2/c18-15-6-5-12(19)10-14(15)16(20)9-11-7-8-21-17-4-2-1-3-13(11)17/h1-6,10-11H,7-9H2. The molecule has 0 spiro atoms. The number of benzene rings is 2. The highest BCUT2D eigenvalue weighted by molar-refractivity contribution is 9.10. The second kappa shape index (κ2) is 6.20. The molecule has 2 aromatic rings. The topological polar surface area (TPSA) is 26.3 Å². The number of hydrogen-bond acceptors (Lipinski definition) is 2. The maximum atomic E-state index is 12.6. The van der Waals surface area contributed by atoms with Crippen LogP contribution in [0.1, 0.15) is 34.7 Å². The van der Waals surface area contributed by atoms with Gasteiger partial charge in [-0.25, -0.2) is 0 Å². The van der Waals surface area contributed by atoms with Crippen molar-refractivity contribution in [2.75, 3.05) is 6.61 Å². The van der Waals surface area contributed by atoms with Gasteiger partial charge in [0.15, 0.2) is 5.78 Å². The third-order valence-electron chi connectivity index (χ3n) is 3.74. The minimum atomic E-state index is 0.103. The van der Waals surface area contributed by atoms with Crippen LogP contribution >= 0.6 is 27.5 Å². The second-order valence-corrected chi connectivity index (χ2v) is 6.41. The summed E-state index contributed by atoms with van der Waals surface area (Å²) in [4.78, 5) is 12.6. The van der Waals surface area contributed by atoms with E-state index < -0.39 is 0 Å². The Morgan fingerprint density at radius 2 is 2.10 bits per heavy atom. The van der Waals surface area contributed by atoms with E-state index in [1.807, 2.05) is 30.3 Å². The van der Waals surface area contributed by atoms with Gasteiger partial charge in [-0.3, -0.25) is 4.79 Å². The van der Waals surface area contributed by atoms with Crippen molar-refractivity contribution in [3.8, 4) is 5.75 Å². The summed E-state index contributed by atoms with van der Waals surface area (Å²) in [5.41, 5.74) is 1.77. The highest BCUT2D eigenvalue weighted by Gasteiger charge is 2.24. The van der Waals surface area contributed by atoms with E-state index in [9.17, 15) is 4.79 Å². The van der Waals surface area contributed by atoms with Crippen molar-refractivity contribution in [1.82, 2.24) is 0 Å². The van der Waals surface area contributed by atoms with E-state index >= 15 is 0 Å². The van der Waals surface area contributed by atoms with Gasteiger partial charge in [-0.2, -0.15) is 0 Å². The molecule has 1 aliphatic rings. The van der Waals surface area contributed by atoms with E-state index in [1.54, 1.807) is 12.1 Å². The van der Waals surface area contributed by atoms with Crippen LogP contribution in [0.25, 0.3) is 0 Å². The molecule has 1 atom stereocenters. The molecule has 1 aliphatic heterocycles. The van der Waals surface area contributed by atoms with Gasteiger partial charge in [0.2, 0.25) is 0 Å². The van der Waals surface area contributed by atoms with Gasteiger partial charge in [-0.15, -0.1) is 0 Å². The number of fused-ring (bicyclic) bond motifs is 1. The number of para-hydroxylation sites is 1. The molecule has 108 valence electrons. The number of ether oxygens (including phenoxy) is 1. The number of hydrogen-bond donors (Lipinski definition) is 0. The molecule has 0 amide bonds. The van der Waals surface area contributed by atoms with E-state index in [1.165, 1.54) is 0 Å². The average Bonchev–Trinajstić information content (AvgIpc) is 2.50. The predicted octanol–water partition coefficient (Wildman–Crippen LogP) is 5.24. The zero-order chi connectivity index (χ0) is 14.8. The third-order valence-corrected chi connectivity index (χ3v) is 4.67. The Bertz CT molecular complexity index is 684. The number of ketones is 1. The van der Waals surface area contributed by atoms with Gasteiger partial charge in [0.05, 0.1) is 6.61 Å². The number of carbonyl (C=O) groups excluding carboxylic acids is 1. The first kappa shape index (κ1) is 14.6. The van der Waals surface area contributed by atoms with Crippen LogP contribution < -0.4 is 4.74 Å². The summed E-state index contributed by atoms with van der Waals surface area (Å²) in [5.74, 6) is 1.20. The van der Waals surface area contributed by atoms with Crippen LogP contribution in [0.15, 0.2) is 46.9 Å². The van der Waals surface area contributed by atoms with Gasteiger partial charge in [-0.05, 0) is 42.2 Å². The molecule has 3 rings (SSSR count). The maximum absolute atomic E-state index is 12.6. The lowest BCUT2D eigenvalue weighted by Gasteiger charge is -2.25. The van der Waals surface area contributed by atoms with Crippen LogP contribution in [0.4, 0.5) is 0 Å². The highest BCUT2D eigenvalue weighted by Crippen LogP contribution is 2.36. The molecule has 0 saturated carbocycles. The minimum Gasteiger partial charge on any atom is -0.493 e. The van der Waals surface area contributed by atoms with Crippen molar-refractivity contribution < 1.29 is 9.53 Å². The number of halogens is 2. The maximum Gasteiger partial charge on any atom is 0.164 e. The lowest BCUT2D eigenvalue weighted by atomic mass is 9.87. The second-order valence-electron chi connectivity index (χ2n) is 5.12. The Hall–Kier alpha value is -1.32. The molecule has 0 N–H and O–H groups in total. The molecule has 4 heteroatoms. The Labute approximate surface area is 137 Å². The molecule has 2 aromatic carbocycles. The SMILES string of the molecule is O=C(CC1CCOc2ccccc21)c1cc(Cl)ccc1Br. The lowest BCUT2D eigenvalue weighted by molar-refractivity contribution is 0.0965. The van der Waals surface area contributed by atoms with Crippen LogP contribution in [-0.4, -0.2) is 12.4 Å². The van der Waals surface area contributed by atoms with Gasteiger partial charge in [-0.1, -0.05) is 45.7 Å². The molecule has 0 fully saturated rings. The van der Waals surface area contributed by atoms with Crippen molar-refractivity contribution >= 4 is 33.3 Å². The first-order chi connectivity index (χ1) is 10.1. The summed E-state index contributed by atoms with van der Waals surface area (Å²) in [6, 6.07) is 13.2. The van der Waals surface area contributed by atoms with Crippen LogP contribution in [0.2, 0.25) is 5.02 Å². The van der Waals surface area contributed by atoms with Gasteiger partial charge in [0.1, 0.15) is 5.75 Å². The van der Waals surface area contributed by atoms with E-state index in [0.717, 1.165) is 22.2 Å². The van der Waals surface area contributed by atoms with E-state index in [-0.39, 0.29) is 11.7 Å². The van der Waals surface area contributed by atoms with Crippen molar-refractivity contribution in [3.05, 3.63) is 63.1 Å². The first-order valence-electron chi connectivity index (χ1n) is 6.85. The summed E-state index contributed by atoms with van der Waals surface area (Å²) in [5, 5.41) is 0.578. The van der Waals surface area contributed by atoms with E-state index in [0.29, 0.717) is 23.6 Å². The van der Waals surface area contributed by atoms with E-state index in [4.69, 9.17) is 16.3 Å². The molecule has 0 aromatic heterocycles. The zero-order valence-electron chi connectivity index (χ0n) is 11.3. The number of Topliss-reactive ketones (excluding diaryl/α,β-unsaturated/α-hetero) is 1. The normalized spacial score (nSPS) is 17.0. The van der Waals surface area contributed by atoms with Gasteiger partial charge >= 0.3 is 0 Å². The Morgan fingerprint density at radius 3 is 2.95 bits per heavy atom. The largest absolute Gasteiger partial charge is 0.493 e. The van der Waals surface area contributed by atoms with Crippen molar-refractivity contribution in [2.45, 2.75) is 18.8 Å². The molecule has 0 saturated heterocycles. The fourth-order valence-electron chi connectivity index (χ4n) is 2.67. The first-order valence-corrected chi connectivity index (χ1v) is 8.02. The summed E-state index contributed by atoms with van der Waals surface area (Å²) in [6.07, 6.45) is 1.33. The molecule has 21 heavy (non-hydrogen) atoms. The van der Waals surface area contributed by atoms with Gasteiger partial charge in [0, 0.05) is 21.5 Å². The molecule has 0 radical (unpaired) electrons. The quantitative estimate of drug-likeness (QED) is 0.695. The lowest BCUT2D eigenvalue weighted by Crippen LogP contribution is -2.17. The van der Waals surface area contributed by atoms with Crippen molar-refractivity contribution in [2.24, 2.45) is 0 Å². The van der Waals surface area contributed by atoms with Gasteiger partial charge in [0.25, 0.3) is 0 Å². The summed E-state index contributed by atoms with van der Waals surface area (Å²) < 4.78 is 6.43. The number of rotatable bonds is 3.